The van der Waals surface area contributed by atoms with Gasteiger partial charge in [0, 0.05) is 17.5 Å². The summed E-state index contributed by atoms with van der Waals surface area (Å²) in [7, 11) is 0. The standard InChI is InChI=1S/C20H12N2O2/c23-17-10-11-18(24)22(17)21-16-9-7-14-5-4-12-2-1-3-13-6-8-15(16)20(14)19(12)13/h1-11,21H. The van der Waals surface area contributed by atoms with Crippen LogP contribution in [0.15, 0.2) is 66.7 Å². The zero-order valence-electron chi connectivity index (χ0n) is 12.6. The summed E-state index contributed by atoms with van der Waals surface area (Å²) in [5.41, 5.74) is 3.71. The lowest BCUT2D eigenvalue weighted by molar-refractivity contribution is -0.135. The zero-order valence-corrected chi connectivity index (χ0v) is 12.6. The molecule has 0 aliphatic carbocycles. The number of nitrogens with one attached hydrogen (secondary N) is 1. The third-order valence-electron chi connectivity index (χ3n) is 4.57. The Kier molecular flexibility index (Phi) is 2.48. The second-order valence-corrected chi connectivity index (χ2v) is 5.93. The number of carbonyl (C=O) groups is 2. The molecule has 0 spiro atoms. The molecule has 0 bridgehead atoms. The van der Waals surface area contributed by atoms with Crippen molar-refractivity contribution in [2.24, 2.45) is 0 Å². The second-order valence-electron chi connectivity index (χ2n) is 5.93. The number of nitrogens with zero attached hydrogens (tertiary/aromatic N) is 1. The topological polar surface area (TPSA) is 49.4 Å². The Labute approximate surface area is 137 Å². The average Bonchev–Trinajstić information content (AvgIpc) is 2.93. The van der Waals surface area contributed by atoms with Gasteiger partial charge in [0.15, 0.2) is 0 Å². The summed E-state index contributed by atoms with van der Waals surface area (Å²) in [6.07, 6.45) is 2.54. The van der Waals surface area contributed by atoms with Gasteiger partial charge >= 0.3 is 0 Å². The third kappa shape index (κ3) is 1.68. The minimum absolute atomic E-state index is 0.356. The van der Waals surface area contributed by atoms with E-state index in [4.69, 9.17) is 0 Å². The lowest BCUT2D eigenvalue weighted by Crippen LogP contribution is -2.35. The van der Waals surface area contributed by atoms with Crippen molar-refractivity contribution < 1.29 is 9.59 Å². The molecule has 1 heterocycles. The highest BCUT2D eigenvalue weighted by Crippen LogP contribution is 2.37. The Morgan fingerprint density at radius 1 is 0.667 bits per heavy atom. The molecule has 0 unspecified atom stereocenters. The molecule has 0 saturated heterocycles. The average molecular weight is 312 g/mol. The van der Waals surface area contributed by atoms with E-state index in [1.165, 1.54) is 28.3 Å². The van der Waals surface area contributed by atoms with Gasteiger partial charge in [0.25, 0.3) is 11.8 Å². The molecule has 4 aromatic rings. The van der Waals surface area contributed by atoms with Crippen molar-refractivity contribution >= 4 is 49.8 Å². The molecule has 0 aromatic heterocycles. The van der Waals surface area contributed by atoms with Crippen molar-refractivity contribution in [2.45, 2.75) is 0 Å². The number of anilines is 1. The molecule has 4 heteroatoms. The molecule has 4 nitrogen and oxygen atoms in total. The van der Waals surface area contributed by atoms with E-state index >= 15 is 0 Å². The molecule has 0 saturated carbocycles. The first-order valence-electron chi connectivity index (χ1n) is 7.72. The van der Waals surface area contributed by atoms with E-state index < -0.39 is 0 Å². The Balaban J connectivity index is 1.78. The zero-order chi connectivity index (χ0) is 16.3. The number of rotatable bonds is 2. The molecule has 1 aliphatic rings. The van der Waals surface area contributed by atoms with E-state index in [9.17, 15) is 9.59 Å². The maximum Gasteiger partial charge on any atom is 0.272 e. The van der Waals surface area contributed by atoms with Crippen LogP contribution in [0.3, 0.4) is 0 Å². The van der Waals surface area contributed by atoms with Crippen molar-refractivity contribution in [3.63, 3.8) is 0 Å². The molecule has 24 heavy (non-hydrogen) atoms. The van der Waals surface area contributed by atoms with Crippen molar-refractivity contribution in [1.29, 1.82) is 0 Å². The molecule has 5 rings (SSSR count). The lowest BCUT2D eigenvalue weighted by Gasteiger charge is -2.19. The maximum atomic E-state index is 11.8. The SMILES string of the molecule is O=C1C=CC(=O)N1Nc1ccc2ccc3cccc4ccc1c2c34. The number of hydrogen-bond donors (Lipinski definition) is 1. The number of hydrazine groups is 1. The second kappa shape index (κ2) is 4.55. The Morgan fingerprint density at radius 3 is 1.96 bits per heavy atom. The first-order valence-corrected chi connectivity index (χ1v) is 7.72. The van der Waals surface area contributed by atoms with E-state index in [-0.39, 0.29) is 11.8 Å². The van der Waals surface area contributed by atoms with E-state index in [2.05, 4.69) is 35.8 Å². The van der Waals surface area contributed by atoms with Gasteiger partial charge in [-0.15, -0.1) is 0 Å². The number of amides is 2. The summed E-state index contributed by atoms with van der Waals surface area (Å²) in [5, 5.41) is 7.86. The predicted octanol–water partition coefficient (Wildman–Crippen LogP) is 3.84. The van der Waals surface area contributed by atoms with Gasteiger partial charge in [0.05, 0.1) is 5.69 Å². The Hall–Kier alpha value is -3.40. The summed E-state index contributed by atoms with van der Waals surface area (Å²) in [6, 6.07) is 18.5. The molecular weight excluding hydrogens is 300 g/mol. The van der Waals surface area contributed by atoms with Crippen LogP contribution in [0.5, 0.6) is 0 Å². The van der Waals surface area contributed by atoms with Gasteiger partial charge in [-0.2, -0.15) is 5.01 Å². The van der Waals surface area contributed by atoms with Gasteiger partial charge < -0.3 is 0 Å². The molecule has 0 radical (unpaired) electrons. The maximum absolute atomic E-state index is 11.8. The normalized spacial score (nSPS) is 14.6. The van der Waals surface area contributed by atoms with Crippen LogP contribution in [-0.2, 0) is 9.59 Å². The van der Waals surface area contributed by atoms with Crippen LogP contribution in [0.1, 0.15) is 0 Å². The van der Waals surface area contributed by atoms with Crippen LogP contribution >= 0.6 is 0 Å². The molecule has 0 fully saturated rings. The summed E-state index contributed by atoms with van der Waals surface area (Å²) in [4.78, 5) is 23.6. The monoisotopic (exact) mass is 312 g/mol. The largest absolute Gasteiger partial charge is 0.288 e. The minimum Gasteiger partial charge on any atom is -0.288 e. The number of benzene rings is 4. The van der Waals surface area contributed by atoms with Crippen LogP contribution < -0.4 is 5.43 Å². The highest BCUT2D eigenvalue weighted by Gasteiger charge is 2.24. The van der Waals surface area contributed by atoms with Gasteiger partial charge in [0.1, 0.15) is 0 Å². The van der Waals surface area contributed by atoms with Crippen molar-refractivity contribution in [2.75, 3.05) is 5.43 Å². The Bertz CT molecular complexity index is 1140. The highest BCUT2D eigenvalue weighted by molar-refractivity contribution is 6.25. The first-order chi connectivity index (χ1) is 11.7. The lowest BCUT2D eigenvalue weighted by atomic mass is 9.94. The van der Waals surface area contributed by atoms with E-state index in [0.29, 0.717) is 0 Å². The number of imide groups is 1. The minimum atomic E-state index is -0.356. The van der Waals surface area contributed by atoms with Gasteiger partial charge in [0.2, 0.25) is 0 Å². The van der Waals surface area contributed by atoms with Crippen molar-refractivity contribution in [1.82, 2.24) is 5.01 Å². The number of hydrogen-bond acceptors (Lipinski definition) is 3. The fourth-order valence-corrected chi connectivity index (χ4v) is 3.46. The molecule has 2 amide bonds. The van der Waals surface area contributed by atoms with E-state index in [1.54, 1.807) is 0 Å². The first kappa shape index (κ1) is 13.1. The molecule has 1 aliphatic heterocycles. The quantitative estimate of drug-likeness (QED) is 0.452. The van der Waals surface area contributed by atoms with E-state index in [1.807, 2.05) is 24.3 Å². The molecular formula is C20H12N2O2. The van der Waals surface area contributed by atoms with Crippen molar-refractivity contribution in [3.05, 3.63) is 66.7 Å². The van der Waals surface area contributed by atoms with E-state index in [0.717, 1.165) is 26.9 Å². The summed E-state index contributed by atoms with van der Waals surface area (Å²) in [5.74, 6) is -0.712. The van der Waals surface area contributed by atoms with Gasteiger partial charge in [-0.25, -0.2) is 0 Å². The van der Waals surface area contributed by atoms with Gasteiger partial charge in [-0.05, 0) is 33.0 Å². The third-order valence-corrected chi connectivity index (χ3v) is 4.57. The van der Waals surface area contributed by atoms with Gasteiger partial charge in [-0.3, -0.25) is 15.0 Å². The Morgan fingerprint density at radius 2 is 1.25 bits per heavy atom. The summed E-state index contributed by atoms with van der Waals surface area (Å²) in [6.45, 7) is 0. The predicted molar refractivity (Wildman–Crippen MR) is 94.8 cm³/mol. The highest BCUT2D eigenvalue weighted by atomic mass is 16.2. The fraction of sp³-hybridized carbons (Fsp3) is 0. The van der Waals surface area contributed by atoms with Crippen LogP contribution in [0.2, 0.25) is 0 Å². The summed E-state index contributed by atoms with van der Waals surface area (Å²) < 4.78 is 0. The van der Waals surface area contributed by atoms with Crippen LogP contribution in [0.4, 0.5) is 5.69 Å². The van der Waals surface area contributed by atoms with Crippen LogP contribution in [0.25, 0.3) is 32.3 Å². The van der Waals surface area contributed by atoms with Gasteiger partial charge in [-0.1, -0.05) is 48.5 Å². The van der Waals surface area contributed by atoms with Crippen LogP contribution in [-0.4, -0.2) is 16.8 Å². The smallest absolute Gasteiger partial charge is 0.272 e. The van der Waals surface area contributed by atoms with Crippen LogP contribution in [0, 0.1) is 0 Å². The summed E-state index contributed by atoms with van der Waals surface area (Å²) >= 11 is 0. The fourth-order valence-electron chi connectivity index (χ4n) is 3.46. The number of carbonyl (C=O) groups excluding carboxylic acids is 2. The molecule has 4 aromatic carbocycles. The molecule has 0 atom stereocenters. The van der Waals surface area contributed by atoms with Crippen molar-refractivity contribution in [3.8, 4) is 0 Å². The molecule has 114 valence electrons. The molecule has 1 N–H and O–H groups in total.